The van der Waals surface area contributed by atoms with Crippen LogP contribution in [0.2, 0.25) is 0 Å². The minimum absolute atomic E-state index is 0.198. The first kappa shape index (κ1) is 24.2. The molecule has 0 spiro atoms. The number of nitrogens with zero attached hydrogens (tertiary/aromatic N) is 3. The predicted molar refractivity (Wildman–Crippen MR) is 147 cm³/mol. The third kappa shape index (κ3) is 3.83. The maximum absolute atomic E-state index is 13.0. The summed E-state index contributed by atoms with van der Waals surface area (Å²) in [6.45, 7) is 12.8. The average Bonchev–Trinajstić information content (AvgIpc) is 3.56. The summed E-state index contributed by atoms with van der Waals surface area (Å²) in [4.78, 5) is 20.7. The second-order valence-electron chi connectivity index (χ2n) is 12.0. The highest BCUT2D eigenvalue weighted by atomic mass is 16.2. The van der Waals surface area contributed by atoms with E-state index in [-0.39, 0.29) is 11.4 Å². The number of hydrogen-bond acceptors (Lipinski definition) is 3. The molecule has 0 radical (unpaired) electrons. The van der Waals surface area contributed by atoms with Gasteiger partial charge in [-0.05, 0) is 101 Å². The van der Waals surface area contributed by atoms with Crippen molar-refractivity contribution in [2.75, 3.05) is 26.2 Å². The molecule has 3 aliphatic heterocycles. The Hall–Kier alpha value is -2.17. The van der Waals surface area contributed by atoms with Gasteiger partial charge >= 0.3 is 0 Å². The largest absolute Gasteiger partial charge is 0.339 e. The van der Waals surface area contributed by atoms with Gasteiger partial charge in [0.25, 0.3) is 5.91 Å². The van der Waals surface area contributed by atoms with Crippen LogP contribution in [0.5, 0.6) is 0 Å². The summed E-state index contributed by atoms with van der Waals surface area (Å²) >= 11 is 0. The van der Waals surface area contributed by atoms with Gasteiger partial charge in [0, 0.05) is 42.8 Å². The summed E-state index contributed by atoms with van der Waals surface area (Å²) in [5, 5.41) is 0. The summed E-state index contributed by atoms with van der Waals surface area (Å²) in [7, 11) is 0. The highest BCUT2D eigenvalue weighted by molar-refractivity contribution is 5.94. The van der Waals surface area contributed by atoms with Crippen molar-refractivity contribution in [1.29, 1.82) is 0 Å². The molecule has 0 aromatic heterocycles. The van der Waals surface area contributed by atoms with Crippen LogP contribution in [0.25, 0.3) is 0 Å². The SMILES string of the molecule is C=CCN1C2CCC2C1(C)C1CCCN1C(C1=CC(C)=CCC1)c1ccc(C(=O)N2CCCC2)cc1. The summed E-state index contributed by atoms with van der Waals surface area (Å²) in [6, 6.07) is 10.3. The summed E-state index contributed by atoms with van der Waals surface area (Å²) in [5.41, 5.74) is 5.36. The number of allylic oxidation sites excluding steroid dienone is 3. The van der Waals surface area contributed by atoms with Crippen molar-refractivity contribution >= 4 is 5.91 Å². The smallest absolute Gasteiger partial charge is 0.253 e. The number of carbonyl (C=O) groups is 1. The molecular formula is C32H43N3O. The van der Waals surface area contributed by atoms with E-state index in [9.17, 15) is 4.79 Å². The lowest BCUT2D eigenvalue weighted by molar-refractivity contribution is -0.207. The maximum atomic E-state index is 13.0. The van der Waals surface area contributed by atoms with Crippen LogP contribution in [0.3, 0.4) is 0 Å². The Morgan fingerprint density at radius 1 is 1.11 bits per heavy atom. The molecule has 6 rings (SSSR count). The van der Waals surface area contributed by atoms with Crippen molar-refractivity contribution in [2.24, 2.45) is 5.92 Å². The van der Waals surface area contributed by atoms with E-state index in [1.54, 1.807) is 5.57 Å². The number of hydrogen-bond donors (Lipinski definition) is 0. The summed E-state index contributed by atoms with van der Waals surface area (Å²) < 4.78 is 0. The average molecular weight is 486 g/mol. The van der Waals surface area contributed by atoms with E-state index in [0.717, 1.165) is 69.4 Å². The van der Waals surface area contributed by atoms with Crippen LogP contribution in [-0.4, -0.2) is 64.4 Å². The monoisotopic (exact) mass is 485 g/mol. The second-order valence-corrected chi connectivity index (χ2v) is 12.0. The minimum Gasteiger partial charge on any atom is -0.339 e. The molecule has 5 unspecified atom stereocenters. The van der Waals surface area contributed by atoms with Crippen LogP contribution < -0.4 is 0 Å². The topological polar surface area (TPSA) is 26.8 Å². The van der Waals surface area contributed by atoms with Crippen LogP contribution in [0, 0.1) is 5.92 Å². The van der Waals surface area contributed by atoms with E-state index in [1.165, 1.54) is 36.8 Å². The second kappa shape index (κ2) is 9.61. The van der Waals surface area contributed by atoms with E-state index in [1.807, 2.05) is 4.90 Å². The predicted octanol–water partition coefficient (Wildman–Crippen LogP) is 6.13. The fraction of sp³-hybridized carbons (Fsp3) is 0.594. The summed E-state index contributed by atoms with van der Waals surface area (Å²) in [6.07, 6.45) is 16.7. The molecule has 3 heterocycles. The lowest BCUT2D eigenvalue weighted by atomic mass is 9.54. The molecule has 4 nitrogen and oxygen atoms in total. The number of likely N-dealkylation sites (tertiary alicyclic amines) is 3. The standard InChI is InChI=1S/C32H43N3O/c1-4-18-35-28-17-16-27(28)32(35,3)29-11-8-21-34(29)30(26-10-7-9-23(2)22-26)24-12-14-25(15-13-24)31(36)33-19-5-6-20-33/h4,9,12-15,22,27-30H,1,5-8,10-11,16-21H2,2-3H3. The van der Waals surface area contributed by atoms with Crippen LogP contribution in [0.4, 0.5) is 0 Å². The van der Waals surface area contributed by atoms with Gasteiger partial charge in [-0.25, -0.2) is 0 Å². The number of amides is 1. The van der Waals surface area contributed by atoms with Gasteiger partial charge in [0.2, 0.25) is 0 Å². The molecule has 1 amide bonds. The Bertz CT molecular complexity index is 1070. The molecule has 1 saturated carbocycles. The molecule has 0 bridgehead atoms. The van der Waals surface area contributed by atoms with Gasteiger partial charge in [-0.3, -0.25) is 14.6 Å². The Morgan fingerprint density at radius 3 is 2.56 bits per heavy atom. The van der Waals surface area contributed by atoms with E-state index >= 15 is 0 Å². The molecule has 0 N–H and O–H groups in total. The molecular weight excluding hydrogens is 442 g/mol. The molecule has 4 heteroatoms. The molecule has 5 atom stereocenters. The molecule has 36 heavy (non-hydrogen) atoms. The van der Waals surface area contributed by atoms with Crippen molar-refractivity contribution in [1.82, 2.24) is 14.7 Å². The summed E-state index contributed by atoms with van der Waals surface area (Å²) in [5.74, 6) is 1.02. The first-order chi connectivity index (χ1) is 17.5. The van der Waals surface area contributed by atoms with Crippen molar-refractivity contribution in [3.63, 3.8) is 0 Å². The molecule has 2 aliphatic carbocycles. The maximum Gasteiger partial charge on any atom is 0.253 e. The highest BCUT2D eigenvalue weighted by Gasteiger charge is 2.65. The third-order valence-electron chi connectivity index (χ3n) is 10.2. The molecule has 3 saturated heterocycles. The Balaban J connectivity index is 1.33. The first-order valence-electron chi connectivity index (χ1n) is 14.4. The van der Waals surface area contributed by atoms with Gasteiger partial charge < -0.3 is 4.90 Å². The van der Waals surface area contributed by atoms with Crippen molar-refractivity contribution in [2.45, 2.75) is 88.9 Å². The molecule has 1 aromatic rings. The van der Waals surface area contributed by atoms with E-state index in [4.69, 9.17) is 0 Å². The zero-order valence-electron chi connectivity index (χ0n) is 22.3. The van der Waals surface area contributed by atoms with Gasteiger partial charge in [-0.15, -0.1) is 6.58 Å². The minimum atomic E-state index is 0.198. The van der Waals surface area contributed by atoms with Crippen LogP contribution in [-0.2, 0) is 0 Å². The number of piperidine rings is 1. The Labute approximate surface area is 217 Å². The van der Waals surface area contributed by atoms with Crippen LogP contribution in [0.1, 0.15) is 87.2 Å². The molecule has 4 fully saturated rings. The van der Waals surface area contributed by atoms with Crippen LogP contribution in [0.15, 0.2) is 60.2 Å². The lowest BCUT2D eigenvalue weighted by Gasteiger charge is -2.71. The van der Waals surface area contributed by atoms with Crippen LogP contribution >= 0.6 is 0 Å². The zero-order valence-corrected chi connectivity index (χ0v) is 22.3. The fourth-order valence-electron chi connectivity index (χ4n) is 8.30. The van der Waals surface area contributed by atoms with E-state index in [0.29, 0.717) is 12.1 Å². The van der Waals surface area contributed by atoms with Gasteiger partial charge in [0.15, 0.2) is 0 Å². The number of fused-ring (bicyclic) bond motifs is 1. The Kier molecular flexibility index (Phi) is 6.46. The van der Waals surface area contributed by atoms with Gasteiger partial charge in [-0.1, -0.05) is 35.9 Å². The first-order valence-corrected chi connectivity index (χ1v) is 14.4. The van der Waals surface area contributed by atoms with Crippen molar-refractivity contribution < 1.29 is 4.79 Å². The van der Waals surface area contributed by atoms with Gasteiger partial charge in [0.05, 0.1) is 6.04 Å². The lowest BCUT2D eigenvalue weighted by Crippen LogP contribution is -2.81. The number of carbonyl (C=O) groups excluding carboxylic acids is 1. The van der Waals surface area contributed by atoms with E-state index in [2.05, 4.69) is 72.7 Å². The normalized spacial score (nSPS) is 33.3. The quantitative estimate of drug-likeness (QED) is 0.435. The molecule has 5 aliphatic rings. The molecule has 192 valence electrons. The van der Waals surface area contributed by atoms with Gasteiger partial charge in [0.1, 0.15) is 0 Å². The third-order valence-corrected chi connectivity index (χ3v) is 10.2. The highest BCUT2D eigenvalue weighted by Crippen LogP contribution is 2.58. The zero-order chi connectivity index (χ0) is 24.9. The van der Waals surface area contributed by atoms with Gasteiger partial charge in [-0.2, -0.15) is 0 Å². The number of rotatable bonds is 7. The fourth-order valence-corrected chi connectivity index (χ4v) is 8.30. The van der Waals surface area contributed by atoms with Crippen molar-refractivity contribution in [3.8, 4) is 0 Å². The van der Waals surface area contributed by atoms with E-state index < -0.39 is 0 Å². The Morgan fingerprint density at radius 2 is 1.89 bits per heavy atom. The molecule has 1 aromatic carbocycles. The number of benzene rings is 1. The van der Waals surface area contributed by atoms with Crippen molar-refractivity contribution in [3.05, 3.63) is 71.3 Å².